The minimum atomic E-state index is -0.572. The third-order valence-corrected chi connectivity index (χ3v) is 2.41. The maximum absolute atomic E-state index is 10.7. The van der Waals surface area contributed by atoms with Crippen molar-refractivity contribution in [3.8, 4) is 0 Å². The van der Waals surface area contributed by atoms with Gasteiger partial charge in [-0.1, -0.05) is 30.3 Å². The Kier molecular flexibility index (Phi) is 3.54. The third-order valence-electron chi connectivity index (χ3n) is 2.41. The highest BCUT2D eigenvalue weighted by Crippen LogP contribution is 2.29. The van der Waals surface area contributed by atoms with Crippen molar-refractivity contribution in [1.82, 2.24) is 0 Å². The van der Waals surface area contributed by atoms with Gasteiger partial charge in [0.1, 0.15) is 6.10 Å². The van der Waals surface area contributed by atoms with Crippen LogP contribution in [0.4, 0.5) is 0 Å². The lowest BCUT2D eigenvalue weighted by molar-refractivity contribution is -0.416. The zero-order valence-corrected chi connectivity index (χ0v) is 9.09. The van der Waals surface area contributed by atoms with Crippen molar-refractivity contribution in [1.29, 1.82) is 0 Å². The second-order valence-electron chi connectivity index (χ2n) is 3.71. The van der Waals surface area contributed by atoms with Gasteiger partial charge in [0.2, 0.25) is 6.29 Å². The van der Waals surface area contributed by atoms with E-state index in [9.17, 15) is 4.79 Å². The average Bonchev–Trinajstić information content (AvgIpc) is 2.30. The van der Waals surface area contributed by atoms with Crippen molar-refractivity contribution < 1.29 is 19.3 Å². The monoisotopic (exact) mass is 222 g/mol. The standard InChI is InChI=1S/C12H14O4/c1-9(13)14-12-8-7-11(15-16-12)10-5-3-2-4-6-10/h2-6,11-12H,7-8H2,1H3. The van der Waals surface area contributed by atoms with Crippen molar-refractivity contribution in [3.63, 3.8) is 0 Å². The normalized spacial score (nSPS) is 25.1. The molecular weight excluding hydrogens is 208 g/mol. The molecule has 0 spiro atoms. The van der Waals surface area contributed by atoms with E-state index in [2.05, 4.69) is 0 Å². The van der Waals surface area contributed by atoms with Crippen molar-refractivity contribution >= 4 is 5.97 Å². The molecule has 0 bridgehead atoms. The Morgan fingerprint density at radius 2 is 2.00 bits per heavy atom. The quantitative estimate of drug-likeness (QED) is 0.569. The first-order chi connectivity index (χ1) is 7.75. The zero-order valence-electron chi connectivity index (χ0n) is 9.09. The molecule has 86 valence electrons. The first kappa shape index (κ1) is 11.1. The van der Waals surface area contributed by atoms with E-state index in [1.54, 1.807) is 0 Å². The van der Waals surface area contributed by atoms with Crippen LogP contribution in [0.25, 0.3) is 0 Å². The molecule has 2 atom stereocenters. The first-order valence-corrected chi connectivity index (χ1v) is 5.30. The number of carbonyl (C=O) groups excluding carboxylic acids is 1. The number of hydrogen-bond acceptors (Lipinski definition) is 4. The number of ether oxygens (including phenoxy) is 1. The largest absolute Gasteiger partial charge is 0.433 e. The molecule has 0 amide bonds. The van der Waals surface area contributed by atoms with E-state index < -0.39 is 6.29 Å². The van der Waals surface area contributed by atoms with Crippen LogP contribution in [0.3, 0.4) is 0 Å². The fourth-order valence-corrected chi connectivity index (χ4v) is 1.67. The SMILES string of the molecule is CC(=O)OC1CCC(c2ccccc2)OO1. The van der Waals surface area contributed by atoms with Gasteiger partial charge in [0.25, 0.3) is 0 Å². The summed E-state index contributed by atoms with van der Waals surface area (Å²) >= 11 is 0. The lowest BCUT2D eigenvalue weighted by atomic mass is 10.0. The van der Waals surface area contributed by atoms with E-state index in [0.717, 1.165) is 12.0 Å². The summed E-state index contributed by atoms with van der Waals surface area (Å²) in [7, 11) is 0. The first-order valence-electron chi connectivity index (χ1n) is 5.30. The molecule has 1 aromatic rings. The van der Waals surface area contributed by atoms with E-state index in [0.29, 0.717) is 6.42 Å². The molecule has 4 heteroatoms. The van der Waals surface area contributed by atoms with E-state index >= 15 is 0 Å². The predicted molar refractivity (Wildman–Crippen MR) is 56.1 cm³/mol. The third kappa shape index (κ3) is 2.81. The number of hydrogen-bond donors (Lipinski definition) is 0. The highest BCUT2D eigenvalue weighted by atomic mass is 17.2. The van der Waals surface area contributed by atoms with Crippen molar-refractivity contribution in [2.75, 3.05) is 0 Å². The maximum atomic E-state index is 10.7. The molecule has 0 saturated carbocycles. The lowest BCUT2D eigenvalue weighted by Crippen LogP contribution is -2.27. The van der Waals surface area contributed by atoms with Gasteiger partial charge in [0, 0.05) is 13.3 Å². The molecule has 16 heavy (non-hydrogen) atoms. The Morgan fingerprint density at radius 3 is 2.56 bits per heavy atom. The predicted octanol–water partition coefficient (Wildman–Crippen LogP) is 2.36. The Balaban J connectivity index is 1.88. The second kappa shape index (κ2) is 5.09. The molecule has 2 unspecified atom stereocenters. The van der Waals surface area contributed by atoms with Crippen LogP contribution in [-0.4, -0.2) is 12.3 Å². The fourth-order valence-electron chi connectivity index (χ4n) is 1.67. The van der Waals surface area contributed by atoms with Gasteiger partial charge in [-0.3, -0.25) is 4.79 Å². The van der Waals surface area contributed by atoms with Crippen LogP contribution < -0.4 is 0 Å². The molecule has 1 fully saturated rings. The summed E-state index contributed by atoms with van der Waals surface area (Å²) in [6.45, 7) is 1.35. The van der Waals surface area contributed by atoms with Gasteiger partial charge in [-0.05, 0) is 12.0 Å². The highest BCUT2D eigenvalue weighted by molar-refractivity contribution is 5.66. The molecule has 4 nitrogen and oxygen atoms in total. The van der Waals surface area contributed by atoms with Gasteiger partial charge < -0.3 is 4.74 Å². The Morgan fingerprint density at radius 1 is 1.25 bits per heavy atom. The van der Waals surface area contributed by atoms with Crippen LogP contribution in [0, 0.1) is 0 Å². The molecule has 1 aliphatic rings. The van der Waals surface area contributed by atoms with Crippen LogP contribution in [0.2, 0.25) is 0 Å². The lowest BCUT2D eigenvalue weighted by Gasteiger charge is -2.27. The van der Waals surface area contributed by atoms with Gasteiger partial charge in [0.05, 0.1) is 0 Å². The summed E-state index contributed by atoms with van der Waals surface area (Å²) in [4.78, 5) is 20.9. The number of benzene rings is 1. The summed E-state index contributed by atoms with van der Waals surface area (Å²) in [6.07, 6.45) is 0.784. The molecule has 0 radical (unpaired) electrons. The summed E-state index contributed by atoms with van der Waals surface area (Å²) in [5.74, 6) is -0.355. The molecular formula is C12H14O4. The fraction of sp³-hybridized carbons (Fsp3) is 0.417. The van der Waals surface area contributed by atoms with E-state index in [1.807, 2.05) is 30.3 Å². The van der Waals surface area contributed by atoms with Crippen LogP contribution in [-0.2, 0) is 19.3 Å². The number of esters is 1. The van der Waals surface area contributed by atoms with Gasteiger partial charge in [-0.25, -0.2) is 4.89 Å². The molecule has 1 aromatic carbocycles. The smallest absolute Gasteiger partial charge is 0.305 e. The topological polar surface area (TPSA) is 44.8 Å². The molecule has 1 aliphatic heterocycles. The van der Waals surface area contributed by atoms with E-state index in [-0.39, 0.29) is 12.1 Å². The molecule has 1 heterocycles. The summed E-state index contributed by atoms with van der Waals surface area (Å²) < 4.78 is 4.89. The molecule has 0 aromatic heterocycles. The molecule has 1 saturated heterocycles. The molecule has 0 N–H and O–H groups in total. The number of rotatable bonds is 2. The maximum Gasteiger partial charge on any atom is 0.305 e. The van der Waals surface area contributed by atoms with Crippen LogP contribution >= 0.6 is 0 Å². The van der Waals surface area contributed by atoms with Crippen LogP contribution in [0.15, 0.2) is 30.3 Å². The number of carbonyl (C=O) groups is 1. The van der Waals surface area contributed by atoms with E-state index in [1.165, 1.54) is 6.92 Å². The Labute approximate surface area is 94.0 Å². The summed E-state index contributed by atoms with van der Waals surface area (Å²) in [6, 6.07) is 9.84. The molecule has 0 aliphatic carbocycles. The molecule has 2 rings (SSSR count). The van der Waals surface area contributed by atoms with Crippen molar-refractivity contribution in [2.45, 2.75) is 32.2 Å². The minimum absolute atomic E-state index is 0.0759. The van der Waals surface area contributed by atoms with E-state index in [4.69, 9.17) is 14.5 Å². The highest BCUT2D eigenvalue weighted by Gasteiger charge is 2.26. The Bertz CT molecular complexity index is 341. The van der Waals surface area contributed by atoms with Crippen LogP contribution in [0.5, 0.6) is 0 Å². The summed E-state index contributed by atoms with van der Waals surface area (Å²) in [5.41, 5.74) is 1.07. The average molecular weight is 222 g/mol. The van der Waals surface area contributed by atoms with Gasteiger partial charge in [-0.15, -0.1) is 0 Å². The van der Waals surface area contributed by atoms with Gasteiger partial charge in [-0.2, -0.15) is 4.89 Å². The Hall–Kier alpha value is -1.39. The minimum Gasteiger partial charge on any atom is -0.433 e. The van der Waals surface area contributed by atoms with Crippen LogP contribution in [0.1, 0.15) is 31.4 Å². The van der Waals surface area contributed by atoms with Crippen molar-refractivity contribution in [2.24, 2.45) is 0 Å². The van der Waals surface area contributed by atoms with Gasteiger partial charge in [0.15, 0.2) is 0 Å². The van der Waals surface area contributed by atoms with Crippen molar-refractivity contribution in [3.05, 3.63) is 35.9 Å². The van der Waals surface area contributed by atoms with Gasteiger partial charge >= 0.3 is 5.97 Å². The zero-order chi connectivity index (χ0) is 11.4. The summed E-state index contributed by atoms with van der Waals surface area (Å²) in [5, 5.41) is 0. The second-order valence-corrected chi connectivity index (χ2v) is 3.71.